The van der Waals surface area contributed by atoms with Gasteiger partial charge in [0.2, 0.25) is 5.91 Å². The summed E-state index contributed by atoms with van der Waals surface area (Å²) < 4.78 is 6.12. The maximum Gasteiger partial charge on any atom is 0.248 e. The first-order chi connectivity index (χ1) is 8.65. The lowest BCUT2D eigenvalue weighted by Gasteiger charge is -2.04. The first-order valence-corrected chi connectivity index (χ1v) is 6.23. The predicted molar refractivity (Wildman–Crippen MR) is 75.3 cm³/mol. The fourth-order valence-electron chi connectivity index (χ4n) is 1.45. The van der Waals surface area contributed by atoms with Gasteiger partial charge in [-0.05, 0) is 48.9 Å². The van der Waals surface area contributed by atoms with Crippen LogP contribution in [0.1, 0.15) is 11.3 Å². The van der Waals surface area contributed by atoms with E-state index in [9.17, 15) is 4.79 Å². The molecule has 3 nitrogen and oxygen atoms in total. The molecule has 1 aromatic carbocycles. The highest BCUT2D eigenvalue weighted by molar-refractivity contribution is 9.10. The van der Waals surface area contributed by atoms with Gasteiger partial charge >= 0.3 is 0 Å². The quantitative estimate of drug-likeness (QED) is 0.871. The van der Waals surface area contributed by atoms with Crippen LogP contribution in [0.15, 0.2) is 51.6 Å². The summed E-state index contributed by atoms with van der Waals surface area (Å²) in [6.45, 7) is 1.97. The molecule has 0 bridgehead atoms. The summed E-state index contributed by atoms with van der Waals surface area (Å²) in [5.74, 6) is 0.463. The average Bonchev–Trinajstić information content (AvgIpc) is 2.84. The Kier molecular flexibility index (Phi) is 3.99. The molecule has 2 aromatic rings. The Morgan fingerprint density at radius 1 is 1.39 bits per heavy atom. The molecule has 0 aliphatic heterocycles. The lowest BCUT2D eigenvalue weighted by molar-refractivity contribution is -0.111. The van der Waals surface area contributed by atoms with Gasteiger partial charge in [-0.3, -0.25) is 4.79 Å². The van der Waals surface area contributed by atoms with Crippen molar-refractivity contribution in [2.24, 2.45) is 0 Å². The molecule has 2 rings (SSSR count). The second-order valence-electron chi connectivity index (χ2n) is 3.80. The van der Waals surface area contributed by atoms with E-state index in [1.165, 1.54) is 6.08 Å². The van der Waals surface area contributed by atoms with Crippen molar-refractivity contribution in [1.29, 1.82) is 0 Å². The number of carbonyl (C=O) groups excluding carboxylic acids is 1. The number of furan rings is 1. The number of aryl methyl sites for hydroxylation is 1. The van der Waals surface area contributed by atoms with Gasteiger partial charge in [-0.15, -0.1) is 0 Å². The standard InChI is InChI=1S/C14H12BrNO2/c1-10-9-11(4-6-13(10)15)16-14(17)7-5-12-3-2-8-18-12/h2-9H,1H3,(H,16,17)/b7-5+. The molecule has 0 saturated heterocycles. The summed E-state index contributed by atoms with van der Waals surface area (Å²) in [6, 6.07) is 9.21. The second-order valence-corrected chi connectivity index (χ2v) is 4.66. The molecule has 0 spiro atoms. The SMILES string of the molecule is Cc1cc(NC(=O)/C=C/c2ccco2)ccc1Br. The minimum atomic E-state index is -0.187. The highest BCUT2D eigenvalue weighted by atomic mass is 79.9. The zero-order valence-corrected chi connectivity index (χ0v) is 11.4. The van der Waals surface area contributed by atoms with E-state index in [1.807, 2.05) is 25.1 Å². The number of amides is 1. The van der Waals surface area contributed by atoms with Gasteiger partial charge in [-0.2, -0.15) is 0 Å². The molecule has 0 aliphatic carbocycles. The minimum Gasteiger partial charge on any atom is -0.465 e. The summed E-state index contributed by atoms with van der Waals surface area (Å²) in [6.07, 6.45) is 4.63. The van der Waals surface area contributed by atoms with Crippen LogP contribution in [0.2, 0.25) is 0 Å². The van der Waals surface area contributed by atoms with E-state index < -0.39 is 0 Å². The maximum absolute atomic E-state index is 11.7. The highest BCUT2D eigenvalue weighted by Crippen LogP contribution is 2.19. The van der Waals surface area contributed by atoms with E-state index >= 15 is 0 Å². The molecule has 0 atom stereocenters. The van der Waals surface area contributed by atoms with E-state index in [1.54, 1.807) is 24.5 Å². The second kappa shape index (κ2) is 5.69. The van der Waals surface area contributed by atoms with Gasteiger partial charge in [-0.25, -0.2) is 0 Å². The molecule has 0 unspecified atom stereocenters. The van der Waals surface area contributed by atoms with Crippen molar-refractivity contribution < 1.29 is 9.21 Å². The van der Waals surface area contributed by atoms with Crippen LogP contribution < -0.4 is 5.32 Å². The molecule has 92 valence electrons. The Hall–Kier alpha value is -1.81. The van der Waals surface area contributed by atoms with Crippen LogP contribution >= 0.6 is 15.9 Å². The van der Waals surface area contributed by atoms with Gasteiger partial charge in [0, 0.05) is 16.2 Å². The van der Waals surface area contributed by atoms with Crippen molar-refractivity contribution in [2.45, 2.75) is 6.92 Å². The molecular formula is C14H12BrNO2. The molecule has 1 heterocycles. The van der Waals surface area contributed by atoms with Gasteiger partial charge in [0.05, 0.1) is 6.26 Å². The summed E-state index contributed by atoms with van der Waals surface area (Å²) in [5, 5.41) is 2.78. The fraction of sp³-hybridized carbons (Fsp3) is 0.0714. The molecule has 0 saturated carbocycles. The van der Waals surface area contributed by atoms with Gasteiger partial charge < -0.3 is 9.73 Å². The van der Waals surface area contributed by atoms with Crippen LogP contribution in [-0.4, -0.2) is 5.91 Å². The fourth-order valence-corrected chi connectivity index (χ4v) is 1.70. The van der Waals surface area contributed by atoms with Gasteiger partial charge in [-0.1, -0.05) is 15.9 Å². The summed E-state index contributed by atoms with van der Waals surface area (Å²) in [5.41, 5.74) is 1.84. The molecule has 0 fully saturated rings. The van der Waals surface area contributed by atoms with Crippen LogP contribution in [0.25, 0.3) is 6.08 Å². The molecule has 1 N–H and O–H groups in total. The molecule has 18 heavy (non-hydrogen) atoms. The number of hydrogen-bond acceptors (Lipinski definition) is 2. The van der Waals surface area contributed by atoms with Crippen LogP contribution in [0, 0.1) is 6.92 Å². The number of benzene rings is 1. The smallest absolute Gasteiger partial charge is 0.248 e. The van der Waals surface area contributed by atoms with Crippen LogP contribution in [-0.2, 0) is 4.79 Å². The van der Waals surface area contributed by atoms with E-state index in [4.69, 9.17) is 4.42 Å². The normalized spacial score (nSPS) is 10.8. The Bertz CT molecular complexity index is 573. The topological polar surface area (TPSA) is 42.2 Å². The zero-order chi connectivity index (χ0) is 13.0. The number of rotatable bonds is 3. The summed E-state index contributed by atoms with van der Waals surface area (Å²) in [7, 11) is 0. The molecule has 0 aliphatic rings. The van der Waals surface area contributed by atoms with E-state index in [2.05, 4.69) is 21.2 Å². The Labute approximate surface area is 114 Å². The molecule has 4 heteroatoms. The van der Waals surface area contributed by atoms with E-state index in [0.29, 0.717) is 5.76 Å². The third-order valence-corrected chi connectivity index (χ3v) is 3.26. The van der Waals surface area contributed by atoms with Crippen molar-refractivity contribution in [2.75, 3.05) is 5.32 Å². The largest absolute Gasteiger partial charge is 0.465 e. The predicted octanol–water partition coefficient (Wildman–Crippen LogP) is 4.00. The Morgan fingerprint density at radius 3 is 2.89 bits per heavy atom. The van der Waals surface area contributed by atoms with Gasteiger partial charge in [0.25, 0.3) is 0 Å². The first-order valence-electron chi connectivity index (χ1n) is 5.44. The summed E-state index contributed by atoms with van der Waals surface area (Å²) >= 11 is 3.41. The third-order valence-electron chi connectivity index (χ3n) is 2.37. The van der Waals surface area contributed by atoms with Crippen molar-refractivity contribution in [3.8, 4) is 0 Å². The number of anilines is 1. The highest BCUT2D eigenvalue weighted by Gasteiger charge is 2.00. The number of carbonyl (C=O) groups is 1. The molecule has 1 aromatic heterocycles. The Balaban J connectivity index is 2.01. The zero-order valence-electron chi connectivity index (χ0n) is 9.81. The van der Waals surface area contributed by atoms with Crippen molar-refractivity contribution in [1.82, 2.24) is 0 Å². The summed E-state index contributed by atoms with van der Waals surface area (Å²) in [4.78, 5) is 11.7. The van der Waals surface area contributed by atoms with Crippen LogP contribution in [0.3, 0.4) is 0 Å². The molecule has 0 radical (unpaired) electrons. The number of halogens is 1. The van der Waals surface area contributed by atoms with Gasteiger partial charge in [0.1, 0.15) is 5.76 Å². The van der Waals surface area contributed by atoms with Crippen molar-refractivity contribution >= 4 is 33.6 Å². The first kappa shape index (κ1) is 12.6. The molecule has 1 amide bonds. The Morgan fingerprint density at radius 2 is 2.22 bits per heavy atom. The lowest BCUT2D eigenvalue weighted by atomic mass is 10.2. The van der Waals surface area contributed by atoms with Gasteiger partial charge in [0.15, 0.2) is 0 Å². The van der Waals surface area contributed by atoms with Crippen LogP contribution in [0.5, 0.6) is 0 Å². The van der Waals surface area contributed by atoms with E-state index in [-0.39, 0.29) is 5.91 Å². The number of hydrogen-bond donors (Lipinski definition) is 1. The van der Waals surface area contributed by atoms with Crippen LogP contribution in [0.4, 0.5) is 5.69 Å². The number of nitrogens with one attached hydrogen (secondary N) is 1. The minimum absolute atomic E-state index is 0.187. The maximum atomic E-state index is 11.7. The third kappa shape index (κ3) is 3.34. The monoisotopic (exact) mass is 305 g/mol. The lowest BCUT2D eigenvalue weighted by Crippen LogP contribution is -2.07. The molecular weight excluding hydrogens is 294 g/mol. The average molecular weight is 306 g/mol. The van der Waals surface area contributed by atoms with Crippen molar-refractivity contribution in [3.05, 3.63) is 58.5 Å². The van der Waals surface area contributed by atoms with E-state index in [0.717, 1.165) is 15.7 Å². The van der Waals surface area contributed by atoms with Crippen molar-refractivity contribution in [3.63, 3.8) is 0 Å².